The van der Waals surface area contributed by atoms with Crippen LogP contribution in [0.5, 0.6) is 0 Å². The van der Waals surface area contributed by atoms with Gasteiger partial charge in [0, 0.05) is 25.4 Å². The molecule has 1 rings (SSSR count). The van der Waals surface area contributed by atoms with Crippen molar-refractivity contribution in [3.63, 3.8) is 0 Å². The lowest BCUT2D eigenvalue weighted by Gasteiger charge is -2.22. The Hall–Kier alpha value is -1.72. The number of aliphatic carboxylic acids is 1. The van der Waals surface area contributed by atoms with Crippen molar-refractivity contribution in [2.45, 2.75) is 51.1 Å². The van der Waals surface area contributed by atoms with Crippen LogP contribution in [0.25, 0.3) is 0 Å². The minimum absolute atomic E-state index is 0.0235. The Kier molecular flexibility index (Phi) is 9.67. The lowest BCUT2D eigenvalue weighted by atomic mass is 9.93. The summed E-state index contributed by atoms with van der Waals surface area (Å²) in [6.45, 7) is 3.27. The molecule has 1 fully saturated rings. The molecule has 27 heavy (non-hydrogen) atoms. The molecule has 10 nitrogen and oxygen atoms in total. The van der Waals surface area contributed by atoms with Crippen LogP contribution in [0.1, 0.15) is 39.0 Å². The van der Waals surface area contributed by atoms with E-state index in [0.717, 1.165) is 38.6 Å². The molecule has 1 saturated heterocycles. The molecule has 0 spiro atoms. The average molecular weight is 407 g/mol. The molecule has 5 N–H and O–H groups in total. The van der Waals surface area contributed by atoms with E-state index in [9.17, 15) is 22.8 Å². The Balaban J connectivity index is 2.29. The largest absolute Gasteiger partial charge is 0.480 e. The third-order valence-electron chi connectivity index (χ3n) is 4.30. The van der Waals surface area contributed by atoms with Gasteiger partial charge in [0.05, 0.1) is 6.26 Å². The van der Waals surface area contributed by atoms with Gasteiger partial charge in [-0.2, -0.15) is 4.72 Å². The molecule has 2 amide bonds. The minimum Gasteiger partial charge on any atom is -0.480 e. The first-order valence-corrected chi connectivity index (χ1v) is 10.9. The van der Waals surface area contributed by atoms with Gasteiger partial charge < -0.3 is 21.1 Å². The van der Waals surface area contributed by atoms with Crippen molar-refractivity contribution < 1.29 is 27.9 Å². The van der Waals surface area contributed by atoms with Crippen LogP contribution in [0.15, 0.2) is 0 Å². The summed E-state index contributed by atoms with van der Waals surface area (Å²) in [5.74, 6) is -1.43. The van der Waals surface area contributed by atoms with Gasteiger partial charge in [-0.05, 0) is 45.2 Å². The second-order valence-corrected chi connectivity index (χ2v) is 8.77. The van der Waals surface area contributed by atoms with Crippen molar-refractivity contribution in [3.05, 3.63) is 0 Å². The number of sulfonamides is 1. The van der Waals surface area contributed by atoms with Crippen molar-refractivity contribution in [2.24, 2.45) is 5.92 Å². The molecule has 2 atom stereocenters. The SMILES string of the molecule is CC(CC(=O)NCC(NS(C)(=O)=O)C(=O)O)NC(=O)CCC1CCNCC1. The van der Waals surface area contributed by atoms with E-state index in [1.165, 1.54) is 0 Å². The highest BCUT2D eigenvalue weighted by Crippen LogP contribution is 2.17. The summed E-state index contributed by atoms with van der Waals surface area (Å²) in [7, 11) is -3.71. The molecule has 0 aromatic carbocycles. The zero-order valence-electron chi connectivity index (χ0n) is 15.8. The van der Waals surface area contributed by atoms with E-state index in [4.69, 9.17) is 5.11 Å². The van der Waals surface area contributed by atoms with Gasteiger partial charge in [0.2, 0.25) is 21.8 Å². The Labute approximate surface area is 159 Å². The number of hydrogen-bond acceptors (Lipinski definition) is 6. The number of nitrogens with one attached hydrogen (secondary N) is 4. The fourth-order valence-corrected chi connectivity index (χ4v) is 3.61. The molecular formula is C16H30N4O6S. The van der Waals surface area contributed by atoms with Crippen LogP contribution < -0.4 is 20.7 Å². The molecule has 0 saturated carbocycles. The average Bonchev–Trinajstić information content (AvgIpc) is 2.56. The van der Waals surface area contributed by atoms with Gasteiger partial charge in [0.15, 0.2) is 0 Å². The minimum atomic E-state index is -3.71. The second kappa shape index (κ2) is 11.2. The van der Waals surface area contributed by atoms with Gasteiger partial charge in [-0.1, -0.05) is 0 Å². The van der Waals surface area contributed by atoms with Crippen LogP contribution in [-0.4, -0.2) is 69.3 Å². The molecule has 0 radical (unpaired) electrons. The van der Waals surface area contributed by atoms with Crippen LogP contribution in [0.2, 0.25) is 0 Å². The summed E-state index contributed by atoms with van der Waals surface area (Å²) >= 11 is 0. The quantitative estimate of drug-likeness (QED) is 0.288. The summed E-state index contributed by atoms with van der Waals surface area (Å²) in [6.07, 6.45) is 4.19. The number of piperidine rings is 1. The van der Waals surface area contributed by atoms with E-state index in [1.807, 2.05) is 4.72 Å². The van der Waals surface area contributed by atoms with Gasteiger partial charge in [-0.25, -0.2) is 8.42 Å². The first-order chi connectivity index (χ1) is 12.6. The molecular weight excluding hydrogens is 376 g/mol. The van der Waals surface area contributed by atoms with Gasteiger partial charge in [0.1, 0.15) is 6.04 Å². The Morgan fingerprint density at radius 3 is 2.37 bits per heavy atom. The number of carbonyl (C=O) groups excluding carboxylic acids is 2. The van der Waals surface area contributed by atoms with E-state index in [-0.39, 0.29) is 18.9 Å². The molecule has 0 aromatic rings. The van der Waals surface area contributed by atoms with Crippen molar-refractivity contribution in [1.82, 2.24) is 20.7 Å². The molecule has 1 aliphatic rings. The van der Waals surface area contributed by atoms with Crippen LogP contribution >= 0.6 is 0 Å². The molecule has 1 aliphatic heterocycles. The number of carbonyl (C=O) groups is 3. The molecule has 0 aromatic heterocycles. The maximum absolute atomic E-state index is 12.0. The number of amides is 2. The first-order valence-electron chi connectivity index (χ1n) is 9.03. The molecule has 1 heterocycles. The van der Waals surface area contributed by atoms with Crippen LogP contribution in [-0.2, 0) is 24.4 Å². The van der Waals surface area contributed by atoms with E-state index in [1.54, 1.807) is 6.92 Å². The monoisotopic (exact) mass is 406 g/mol. The number of carboxylic acids is 1. The lowest BCUT2D eigenvalue weighted by molar-refractivity contribution is -0.138. The standard InChI is InChI=1S/C16H30N4O6S/c1-11(19-14(21)4-3-12-5-7-17-8-6-12)9-15(22)18-10-13(16(23)24)20-27(2,25)26/h11-13,17,20H,3-10H2,1-2H3,(H,18,22)(H,19,21)(H,23,24). The van der Waals surface area contributed by atoms with Crippen LogP contribution in [0.3, 0.4) is 0 Å². The van der Waals surface area contributed by atoms with Gasteiger partial charge >= 0.3 is 5.97 Å². The van der Waals surface area contributed by atoms with Gasteiger partial charge in [0.25, 0.3) is 0 Å². The normalized spacial score (nSPS) is 17.7. The lowest BCUT2D eigenvalue weighted by Crippen LogP contribution is -2.48. The predicted molar refractivity (Wildman–Crippen MR) is 99.5 cm³/mol. The Morgan fingerprint density at radius 2 is 1.81 bits per heavy atom. The van der Waals surface area contributed by atoms with Crippen molar-refractivity contribution in [1.29, 1.82) is 0 Å². The third-order valence-corrected chi connectivity index (χ3v) is 5.01. The second-order valence-electron chi connectivity index (χ2n) is 6.99. The molecule has 0 aliphatic carbocycles. The maximum atomic E-state index is 12.0. The predicted octanol–water partition coefficient (Wildman–Crippen LogP) is -1.22. The Bertz CT molecular complexity index is 618. The molecule has 0 bridgehead atoms. The third kappa shape index (κ3) is 10.9. The van der Waals surface area contributed by atoms with Crippen LogP contribution in [0.4, 0.5) is 0 Å². The highest BCUT2D eigenvalue weighted by molar-refractivity contribution is 7.88. The highest BCUT2D eigenvalue weighted by Gasteiger charge is 2.22. The van der Waals surface area contributed by atoms with Crippen molar-refractivity contribution in [3.8, 4) is 0 Å². The first kappa shape index (κ1) is 23.3. The molecule has 11 heteroatoms. The van der Waals surface area contributed by atoms with E-state index in [2.05, 4.69) is 16.0 Å². The summed E-state index contributed by atoms with van der Waals surface area (Å²) in [4.78, 5) is 34.9. The topological polar surface area (TPSA) is 154 Å². The van der Waals surface area contributed by atoms with Crippen LogP contribution in [0, 0.1) is 5.92 Å². The van der Waals surface area contributed by atoms with Gasteiger partial charge in [-0.3, -0.25) is 14.4 Å². The Morgan fingerprint density at radius 1 is 1.19 bits per heavy atom. The maximum Gasteiger partial charge on any atom is 0.323 e. The summed E-state index contributed by atoms with van der Waals surface area (Å²) in [5.41, 5.74) is 0. The highest BCUT2D eigenvalue weighted by atomic mass is 32.2. The van der Waals surface area contributed by atoms with Gasteiger partial charge in [-0.15, -0.1) is 0 Å². The number of hydrogen-bond donors (Lipinski definition) is 5. The number of carboxylic acid groups (broad SMARTS) is 1. The van der Waals surface area contributed by atoms with E-state index >= 15 is 0 Å². The summed E-state index contributed by atoms with van der Waals surface area (Å²) in [5, 5.41) is 17.4. The summed E-state index contributed by atoms with van der Waals surface area (Å²) in [6, 6.07) is -1.85. The zero-order valence-corrected chi connectivity index (χ0v) is 16.6. The number of rotatable bonds is 11. The van der Waals surface area contributed by atoms with Crippen molar-refractivity contribution >= 4 is 27.8 Å². The van der Waals surface area contributed by atoms with E-state index < -0.39 is 34.0 Å². The van der Waals surface area contributed by atoms with E-state index in [0.29, 0.717) is 12.3 Å². The fourth-order valence-electron chi connectivity index (χ4n) is 2.91. The summed E-state index contributed by atoms with van der Waals surface area (Å²) < 4.78 is 24.2. The molecule has 2 unspecified atom stereocenters. The smallest absolute Gasteiger partial charge is 0.323 e. The fraction of sp³-hybridized carbons (Fsp3) is 0.812. The zero-order chi connectivity index (χ0) is 20.4. The van der Waals surface area contributed by atoms with Crippen molar-refractivity contribution in [2.75, 3.05) is 25.9 Å². The molecule has 156 valence electrons.